The van der Waals surface area contributed by atoms with Gasteiger partial charge in [-0.05, 0) is 55.2 Å². The van der Waals surface area contributed by atoms with E-state index in [4.69, 9.17) is 0 Å². The van der Waals surface area contributed by atoms with Crippen LogP contribution in [0.3, 0.4) is 0 Å². The third-order valence-corrected chi connectivity index (χ3v) is 6.58. The van der Waals surface area contributed by atoms with Gasteiger partial charge in [0.25, 0.3) is 17.7 Å². The van der Waals surface area contributed by atoms with Gasteiger partial charge in [-0.25, -0.2) is 0 Å². The number of carbonyl (C=O) groups excluding carboxylic acids is 3. The normalized spacial score (nSPS) is 14.8. The fourth-order valence-electron chi connectivity index (χ4n) is 4.39. The van der Waals surface area contributed by atoms with Crippen LogP contribution in [0.2, 0.25) is 0 Å². The monoisotopic (exact) mass is 469 g/mol. The summed E-state index contributed by atoms with van der Waals surface area (Å²) in [6.45, 7) is 13.2. The summed E-state index contributed by atoms with van der Waals surface area (Å²) in [4.78, 5) is 41.2. The number of hydrogen-bond acceptors (Lipinski definition) is 4. The fourth-order valence-corrected chi connectivity index (χ4v) is 4.39. The van der Waals surface area contributed by atoms with Crippen molar-refractivity contribution in [3.05, 3.63) is 78.3 Å². The van der Waals surface area contributed by atoms with Crippen molar-refractivity contribution >= 4 is 28.6 Å². The lowest BCUT2D eigenvalue weighted by Crippen LogP contribution is -2.46. The molecular weight excluding hydrogens is 442 g/mol. The molecule has 8 nitrogen and oxygen atoms in total. The van der Waals surface area contributed by atoms with Gasteiger partial charge in [-0.1, -0.05) is 31.4 Å². The van der Waals surface area contributed by atoms with Gasteiger partial charge in [0.2, 0.25) is 0 Å². The summed E-state index contributed by atoms with van der Waals surface area (Å²) in [6, 6.07) is 11.9. The molecule has 0 bridgehead atoms. The smallest absolute Gasteiger partial charge is 0.271 e. The van der Waals surface area contributed by atoms with Crippen LogP contribution >= 0.6 is 0 Å². The Hall–Kier alpha value is -4.20. The molecule has 1 aromatic heterocycles. The minimum absolute atomic E-state index is 0.0176. The predicted octanol–water partition coefficient (Wildman–Crippen LogP) is 3.62. The van der Waals surface area contributed by atoms with E-state index in [1.807, 2.05) is 35.1 Å². The lowest BCUT2D eigenvalue weighted by molar-refractivity contribution is -0.132. The molecule has 0 atom stereocenters. The average molecular weight is 470 g/mol. The van der Waals surface area contributed by atoms with Crippen LogP contribution in [0.4, 0.5) is 0 Å². The number of rotatable bonds is 6. The van der Waals surface area contributed by atoms with E-state index in [2.05, 4.69) is 43.5 Å². The molecular formula is C27H27N5O3. The standard InChI is InChI=1S/C27H27N5O3/c1-16(2)32-14-20-13-19(9-10-24(20)29-32)21-7-5-8-22-23(21)15-31(27(22)35)18(4)25(33)28-17(3)26(34)30-11-6-12-30/h5,7-10,13-14,16H,3-4,6,11-12,15H2,1-2H3,(H,28,33). The van der Waals surface area contributed by atoms with Crippen molar-refractivity contribution in [3.8, 4) is 11.1 Å². The maximum atomic E-state index is 13.2. The van der Waals surface area contributed by atoms with E-state index in [0.29, 0.717) is 18.7 Å². The molecule has 0 saturated carbocycles. The van der Waals surface area contributed by atoms with E-state index in [-0.39, 0.29) is 35.8 Å². The number of hydrogen-bond donors (Lipinski definition) is 1. The van der Waals surface area contributed by atoms with Crippen LogP contribution in [-0.4, -0.2) is 50.4 Å². The first-order chi connectivity index (χ1) is 16.7. The van der Waals surface area contributed by atoms with Gasteiger partial charge in [-0.3, -0.25) is 24.0 Å². The Kier molecular flexibility index (Phi) is 5.51. The van der Waals surface area contributed by atoms with E-state index in [1.165, 1.54) is 4.90 Å². The van der Waals surface area contributed by atoms with E-state index >= 15 is 0 Å². The summed E-state index contributed by atoms with van der Waals surface area (Å²) in [7, 11) is 0. The van der Waals surface area contributed by atoms with Gasteiger partial charge in [0.05, 0.1) is 17.8 Å². The van der Waals surface area contributed by atoms with Crippen molar-refractivity contribution in [1.82, 2.24) is 24.9 Å². The molecule has 0 unspecified atom stereocenters. The Morgan fingerprint density at radius 1 is 1.09 bits per heavy atom. The molecule has 35 heavy (non-hydrogen) atoms. The highest BCUT2D eigenvalue weighted by Crippen LogP contribution is 2.35. The molecule has 3 heterocycles. The molecule has 0 aliphatic carbocycles. The summed E-state index contributed by atoms with van der Waals surface area (Å²) in [5, 5.41) is 8.13. The first kappa shape index (κ1) is 22.6. The zero-order valence-corrected chi connectivity index (χ0v) is 19.9. The first-order valence-corrected chi connectivity index (χ1v) is 11.7. The van der Waals surface area contributed by atoms with Crippen LogP contribution in [-0.2, 0) is 16.1 Å². The second kappa shape index (κ2) is 8.54. The van der Waals surface area contributed by atoms with E-state index < -0.39 is 5.91 Å². The SMILES string of the molecule is C=C(NC(=O)C(=C)N1Cc2c(cccc2-c2ccc3nn(C(C)C)cc3c2)C1=O)C(=O)N1CCC1. The maximum Gasteiger partial charge on any atom is 0.271 e. The van der Waals surface area contributed by atoms with Crippen LogP contribution in [0, 0.1) is 0 Å². The fraction of sp³-hybridized carbons (Fsp3) is 0.259. The van der Waals surface area contributed by atoms with Crippen molar-refractivity contribution in [2.24, 2.45) is 0 Å². The number of nitrogens with one attached hydrogen (secondary N) is 1. The van der Waals surface area contributed by atoms with Gasteiger partial charge >= 0.3 is 0 Å². The van der Waals surface area contributed by atoms with E-state index in [1.54, 1.807) is 11.0 Å². The number of amides is 3. The van der Waals surface area contributed by atoms with Crippen molar-refractivity contribution < 1.29 is 14.4 Å². The Balaban J connectivity index is 1.38. The molecule has 1 saturated heterocycles. The largest absolute Gasteiger partial charge is 0.337 e. The van der Waals surface area contributed by atoms with Gasteiger partial charge in [0, 0.05) is 36.3 Å². The molecule has 5 rings (SSSR count). The summed E-state index contributed by atoms with van der Waals surface area (Å²) >= 11 is 0. The van der Waals surface area contributed by atoms with Crippen LogP contribution in [0.1, 0.15) is 42.2 Å². The highest BCUT2D eigenvalue weighted by atomic mass is 16.2. The van der Waals surface area contributed by atoms with Gasteiger partial charge in [0.15, 0.2) is 0 Å². The number of aromatic nitrogens is 2. The number of nitrogens with zero attached hydrogens (tertiary/aromatic N) is 4. The molecule has 0 radical (unpaired) electrons. The number of carbonyl (C=O) groups is 3. The Morgan fingerprint density at radius 3 is 2.51 bits per heavy atom. The minimum atomic E-state index is -0.617. The van der Waals surface area contributed by atoms with Crippen LogP contribution in [0.5, 0.6) is 0 Å². The van der Waals surface area contributed by atoms with Crippen molar-refractivity contribution in [2.45, 2.75) is 32.9 Å². The Morgan fingerprint density at radius 2 is 1.83 bits per heavy atom. The highest BCUT2D eigenvalue weighted by Gasteiger charge is 2.34. The summed E-state index contributed by atoms with van der Waals surface area (Å²) < 4.78 is 1.93. The molecule has 2 aliphatic rings. The summed E-state index contributed by atoms with van der Waals surface area (Å²) in [5.41, 5.74) is 4.12. The third-order valence-electron chi connectivity index (χ3n) is 6.58. The first-order valence-electron chi connectivity index (χ1n) is 11.7. The molecule has 2 aliphatic heterocycles. The molecule has 3 amide bonds. The third kappa shape index (κ3) is 3.90. The average Bonchev–Trinajstić information content (AvgIpc) is 3.38. The lowest BCUT2D eigenvalue weighted by atomic mass is 9.96. The predicted molar refractivity (Wildman–Crippen MR) is 133 cm³/mol. The quantitative estimate of drug-likeness (QED) is 0.559. The van der Waals surface area contributed by atoms with Crippen LogP contribution in [0.25, 0.3) is 22.0 Å². The molecule has 8 heteroatoms. The molecule has 1 N–H and O–H groups in total. The van der Waals surface area contributed by atoms with Gasteiger partial charge in [-0.15, -0.1) is 0 Å². The lowest BCUT2D eigenvalue weighted by Gasteiger charge is -2.31. The van der Waals surface area contributed by atoms with E-state index in [9.17, 15) is 14.4 Å². The number of likely N-dealkylation sites (tertiary alicyclic amines) is 1. The summed E-state index contributed by atoms with van der Waals surface area (Å²) in [6.07, 6.45) is 2.96. The minimum Gasteiger partial charge on any atom is -0.337 e. The van der Waals surface area contributed by atoms with Crippen LogP contribution in [0.15, 0.2) is 67.1 Å². The number of fused-ring (bicyclic) bond motifs is 2. The highest BCUT2D eigenvalue weighted by molar-refractivity contribution is 6.08. The molecule has 2 aromatic carbocycles. The second-order valence-corrected chi connectivity index (χ2v) is 9.22. The van der Waals surface area contributed by atoms with Gasteiger partial charge in [-0.2, -0.15) is 5.10 Å². The van der Waals surface area contributed by atoms with Crippen molar-refractivity contribution in [2.75, 3.05) is 13.1 Å². The number of benzene rings is 2. The maximum absolute atomic E-state index is 13.2. The van der Waals surface area contributed by atoms with Gasteiger partial charge < -0.3 is 10.2 Å². The summed E-state index contributed by atoms with van der Waals surface area (Å²) in [5.74, 6) is -1.23. The molecule has 1 fully saturated rings. The Labute approximate surface area is 203 Å². The zero-order chi connectivity index (χ0) is 24.9. The Bertz CT molecular complexity index is 1410. The van der Waals surface area contributed by atoms with Crippen molar-refractivity contribution in [3.63, 3.8) is 0 Å². The second-order valence-electron chi connectivity index (χ2n) is 9.22. The molecule has 178 valence electrons. The van der Waals surface area contributed by atoms with Crippen molar-refractivity contribution in [1.29, 1.82) is 0 Å². The topological polar surface area (TPSA) is 87.5 Å². The van der Waals surface area contributed by atoms with Gasteiger partial charge in [0.1, 0.15) is 5.70 Å². The molecule has 3 aromatic rings. The van der Waals surface area contributed by atoms with E-state index in [0.717, 1.165) is 34.0 Å². The molecule has 0 spiro atoms. The zero-order valence-electron chi connectivity index (χ0n) is 19.9. The van der Waals surface area contributed by atoms with Crippen LogP contribution < -0.4 is 5.32 Å².